The van der Waals surface area contributed by atoms with Crippen LogP contribution in [0.5, 0.6) is 0 Å². The molecule has 0 radical (unpaired) electrons. The third kappa shape index (κ3) is 3.11. The number of carbonyl (C=O) groups excluding carboxylic acids is 1. The maximum Gasteiger partial charge on any atom is 0.312 e. The fourth-order valence-electron chi connectivity index (χ4n) is 2.20. The monoisotopic (exact) mass is 306 g/mol. The van der Waals surface area contributed by atoms with Gasteiger partial charge in [0.25, 0.3) is 0 Å². The van der Waals surface area contributed by atoms with Crippen molar-refractivity contribution in [3.05, 3.63) is 51.1 Å². The molecule has 8 heteroatoms. The second-order valence-electron chi connectivity index (χ2n) is 4.94. The van der Waals surface area contributed by atoms with Crippen molar-refractivity contribution in [3.63, 3.8) is 0 Å². The summed E-state index contributed by atoms with van der Waals surface area (Å²) in [4.78, 5) is 22.4. The number of halogens is 1. The highest BCUT2D eigenvalue weighted by Gasteiger charge is 2.22. The molecule has 1 heterocycles. The van der Waals surface area contributed by atoms with Crippen LogP contribution < -0.4 is 5.32 Å². The number of hydrogen-bond donors (Lipinski definition) is 1. The Morgan fingerprint density at radius 2 is 2.09 bits per heavy atom. The Morgan fingerprint density at radius 3 is 2.64 bits per heavy atom. The van der Waals surface area contributed by atoms with Crippen LogP contribution in [0.4, 0.5) is 15.8 Å². The van der Waals surface area contributed by atoms with Gasteiger partial charge in [0.15, 0.2) is 0 Å². The van der Waals surface area contributed by atoms with Gasteiger partial charge in [-0.15, -0.1) is 0 Å². The average molecular weight is 306 g/mol. The summed E-state index contributed by atoms with van der Waals surface area (Å²) in [7, 11) is 0. The summed E-state index contributed by atoms with van der Waals surface area (Å²) in [6.07, 6.45) is 0. The predicted molar refractivity (Wildman–Crippen MR) is 78.1 cm³/mol. The van der Waals surface area contributed by atoms with Gasteiger partial charge in [0.1, 0.15) is 23.7 Å². The Morgan fingerprint density at radius 1 is 1.41 bits per heavy atom. The van der Waals surface area contributed by atoms with Crippen LogP contribution in [0.15, 0.2) is 18.2 Å². The van der Waals surface area contributed by atoms with E-state index in [-0.39, 0.29) is 23.7 Å². The number of benzene rings is 1. The van der Waals surface area contributed by atoms with Gasteiger partial charge in [-0.1, -0.05) is 0 Å². The number of nitrogens with one attached hydrogen (secondary N) is 1. The van der Waals surface area contributed by atoms with Crippen molar-refractivity contribution in [1.29, 1.82) is 0 Å². The molecule has 116 valence electrons. The molecule has 0 fully saturated rings. The van der Waals surface area contributed by atoms with Gasteiger partial charge >= 0.3 is 5.69 Å². The van der Waals surface area contributed by atoms with Crippen molar-refractivity contribution in [2.75, 3.05) is 5.32 Å². The minimum Gasteiger partial charge on any atom is -0.324 e. The smallest absolute Gasteiger partial charge is 0.312 e. The number of rotatable bonds is 4. The fourth-order valence-corrected chi connectivity index (χ4v) is 2.20. The molecule has 0 aliphatic heterocycles. The molecule has 0 aliphatic rings. The molecular formula is C14H15FN4O3. The summed E-state index contributed by atoms with van der Waals surface area (Å²) in [5, 5.41) is 17.6. The number of aromatic nitrogens is 2. The third-order valence-electron chi connectivity index (χ3n) is 3.28. The Kier molecular flexibility index (Phi) is 4.20. The van der Waals surface area contributed by atoms with E-state index in [4.69, 9.17) is 0 Å². The quantitative estimate of drug-likeness (QED) is 0.694. The zero-order chi connectivity index (χ0) is 16.4. The van der Waals surface area contributed by atoms with Gasteiger partial charge in [0, 0.05) is 5.69 Å². The normalized spacial score (nSPS) is 10.5. The average Bonchev–Trinajstić information content (AvgIpc) is 2.67. The van der Waals surface area contributed by atoms with Crippen molar-refractivity contribution in [1.82, 2.24) is 9.78 Å². The molecule has 1 aromatic carbocycles. The number of hydrogen-bond acceptors (Lipinski definition) is 4. The van der Waals surface area contributed by atoms with E-state index < -0.39 is 10.8 Å². The minimum absolute atomic E-state index is 0.0919. The Bertz CT molecular complexity index is 755. The van der Waals surface area contributed by atoms with Crippen LogP contribution in [0, 0.1) is 36.7 Å². The Labute approximate surface area is 125 Å². The van der Waals surface area contributed by atoms with Crippen LogP contribution in [0.1, 0.15) is 17.0 Å². The standard InChI is InChI=1S/C14H15FN4O3/c1-8-6-11(15)4-5-12(8)16-13(20)7-18-10(3)14(19(21)22)9(2)17-18/h4-6H,7H2,1-3H3,(H,16,20). The van der Waals surface area contributed by atoms with Gasteiger partial charge in [-0.3, -0.25) is 19.6 Å². The number of carbonyl (C=O) groups is 1. The summed E-state index contributed by atoms with van der Waals surface area (Å²) >= 11 is 0. The third-order valence-corrected chi connectivity index (χ3v) is 3.28. The van der Waals surface area contributed by atoms with Crippen LogP contribution in [0.25, 0.3) is 0 Å². The maximum absolute atomic E-state index is 13.0. The molecule has 1 aromatic heterocycles. The summed E-state index contributed by atoms with van der Waals surface area (Å²) < 4.78 is 14.3. The molecular weight excluding hydrogens is 291 g/mol. The van der Waals surface area contributed by atoms with E-state index in [1.165, 1.54) is 36.7 Å². The highest BCUT2D eigenvalue weighted by atomic mass is 19.1. The molecule has 0 bridgehead atoms. The Balaban J connectivity index is 2.16. The largest absolute Gasteiger partial charge is 0.324 e. The molecule has 0 saturated carbocycles. The van der Waals surface area contributed by atoms with E-state index in [0.29, 0.717) is 16.9 Å². The van der Waals surface area contributed by atoms with Gasteiger partial charge in [-0.2, -0.15) is 5.10 Å². The summed E-state index contributed by atoms with van der Waals surface area (Å²) in [6, 6.07) is 4.02. The lowest BCUT2D eigenvalue weighted by molar-refractivity contribution is -0.386. The first-order valence-corrected chi connectivity index (χ1v) is 6.54. The van der Waals surface area contributed by atoms with Crippen molar-refractivity contribution in [2.24, 2.45) is 0 Å². The van der Waals surface area contributed by atoms with Crippen LogP contribution >= 0.6 is 0 Å². The van der Waals surface area contributed by atoms with E-state index in [0.717, 1.165) is 0 Å². The lowest BCUT2D eigenvalue weighted by Crippen LogP contribution is -2.20. The molecule has 22 heavy (non-hydrogen) atoms. The minimum atomic E-state index is -0.518. The number of nitrogens with zero attached hydrogens (tertiary/aromatic N) is 3. The highest BCUT2D eigenvalue weighted by molar-refractivity contribution is 5.91. The van der Waals surface area contributed by atoms with Gasteiger partial charge in [-0.05, 0) is 44.5 Å². The van der Waals surface area contributed by atoms with E-state index in [1.807, 2.05) is 0 Å². The zero-order valence-corrected chi connectivity index (χ0v) is 12.4. The van der Waals surface area contributed by atoms with Crippen LogP contribution in [0.2, 0.25) is 0 Å². The first-order chi connectivity index (χ1) is 10.3. The van der Waals surface area contributed by atoms with Crippen molar-refractivity contribution in [3.8, 4) is 0 Å². The molecule has 1 amide bonds. The molecule has 0 saturated heterocycles. The zero-order valence-electron chi connectivity index (χ0n) is 12.4. The molecule has 0 atom stereocenters. The van der Waals surface area contributed by atoms with Crippen molar-refractivity contribution >= 4 is 17.3 Å². The van der Waals surface area contributed by atoms with E-state index >= 15 is 0 Å². The van der Waals surface area contributed by atoms with Gasteiger partial charge < -0.3 is 5.32 Å². The van der Waals surface area contributed by atoms with E-state index in [9.17, 15) is 19.3 Å². The van der Waals surface area contributed by atoms with Crippen LogP contribution in [0.3, 0.4) is 0 Å². The Hall–Kier alpha value is -2.77. The second-order valence-corrected chi connectivity index (χ2v) is 4.94. The van der Waals surface area contributed by atoms with Crippen molar-refractivity contribution < 1.29 is 14.1 Å². The lowest BCUT2D eigenvalue weighted by atomic mass is 10.2. The summed E-state index contributed by atoms with van der Waals surface area (Å²) in [5.74, 6) is -0.778. The summed E-state index contributed by atoms with van der Waals surface area (Å²) in [5.41, 5.74) is 1.56. The first-order valence-electron chi connectivity index (χ1n) is 6.54. The molecule has 0 unspecified atom stereocenters. The van der Waals surface area contributed by atoms with Gasteiger partial charge in [-0.25, -0.2) is 4.39 Å². The topological polar surface area (TPSA) is 90.1 Å². The maximum atomic E-state index is 13.0. The molecule has 1 N–H and O–H groups in total. The SMILES string of the molecule is Cc1cc(F)ccc1NC(=O)Cn1nc(C)c([N+](=O)[O-])c1C. The molecule has 2 rings (SSSR count). The first kappa shape index (κ1) is 15.6. The lowest BCUT2D eigenvalue weighted by Gasteiger charge is -2.09. The number of amides is 1. The fraction of sp³-hybridized carbons (Fsp3) is 0.286. The molecule has 7 nitrogen and oxygen atoms in total. The predicted octanol–water partition coefficient (Wildman–Crippen LogP) is 2.49. The van der Waals surface area contributed by atoms with Gasteiger partial charge in [0.05, 0.1) is 4.92 Å². The summed E-state index contributed by atoms with van der Waals surface area (Å²) in [6.45, 7) is 4.57. The molecule has 0 spiro atoms. The van der Waals surface area contributed by atoms with E-state index in [1.54, 1.807) is 6.92 Å². The number of aryl methyl sites for hydroxylation is 2. The second kappa shape index (κ2) is 5.92. The van der Waals surface area contributed by atoms with E-state index in [2.05, 4.69) is 10.4 Å². The van der Waals surface area contributed by atoms with Crippen molar-refractivity contribution in [2.45, 2.75) is 27.3 Å². The van der Waals surface area contributed by atoms with Gasteiger partial charge in [0.2, 0.25) is 5.91 Å². The van der Waals surface area contributed by atoms with Crippen LogP contribution in [-0.2, 0) is 11.3 Å². The number of nitro groups is 1. The molecule has 0 aliphatic carbocycles. The highest BCUT2D eigenvalue weighted by Crippen LogP contribution is 2.22. The number of anilines is 1. The molecule has 2 aromatic rings. The van der Waals surface area contributed by atoms with Crippen LogP contribution in [-0.4, -0.2) is 20.6 Å².